The third-order valence-corrected chi connectivity index (χ3v) is 5.03. The van der Waals surface area contributed by atoms with Gasteiger partial charge in [0.1, 0.15) is 4.34 Å². The number of aromatic nitrogens is 1. The number of hydrogen-bond acceptors (Lipinski definition) is 5. The molecule has 0 saturated heterocycles. The molecule has 0 radical (unpaired) electrons. The summed E-state index contributed by atoms with van der Waals surface area (Å²) in [6.07, 6.45) is 4.59. The van der Waals surface area contributed by atoms with Gasteiger partial charge in [-0.05, 0) is 23.1 Å². The van der Waals surface area contributed by atoms with E-state index < -0.39 is 5.97 Å². The number of carboxylic acid groups (broad SMARTS) is 1. The monoisotopic (exact) mass is 283 g/mol. The number of aliphatic carboxylic acids is 1. The fourth-order valence-corrected chi connectivity index (χ4v) is 3.82. The van der Waals surface area contributed by atoms with E-state index in [4.69, 9.17) is 5.11 Å². The van der Waals surface area contributed by atoms with Gasteiger partial charge in [-0.3, -0.25) is 0 Å². The molecule has 88 valence electrons. The Balaban J connectivity index is 2.01. The first-order valence-corrected chi connectivity index (χ1v) is 7.50. The lowest BCUT2D eigenvalue weighted by atomic mass is 10.2. The molecular weight excluding hydrogens is 274 g/mol. The van der Waals surface area contributed by atoms with E-state index in [9.17, 15) is 4.79 Å². The van der Waals surface area contributed by atoms with Crippen LogP contribution in [0.2, 0.25) is 0 Å². The smallest absolute Gasteiger partial charge is 0.328 e. The number of thiazole rings is 1. The van der Waals surface area contributed by atoms with Gasteiger partial charge in [0.15, 0.2) is 0 Å². The second-order valence-electron chi connectivity index (χ2n) is 3.06. The molecule has 0 aliphatic heterocycles. The van der Waals surface area contributed by atoms with Crippen LogP contribution in [0, 0.1) is 0 Å². The minimum Gasteiger partial charge on any atom is -0.478 e. The minimum absolute atomic E-state index is 0.824. The van der Waals surface area contributed by atoms with Crippen LogP contribution in [0.1, 0.15) is 10.4 Å². The third kappa shape index (κ3) is 3.69. The zero-order chi connectivity index (χ0) is 12.1. The van der Waals surface area contributed by atoms with Crippen molar-refractivity contribution in [3.05, 3.63) is 39.5 Å². The number of carbonyl (C=O) groups is 1. The molecule has 6 heteroatoms. The van der Waals surface area contributed by atoms with E-state index in [2.05, 4.69) is 4.98 Å². The Labute approximate surface area is 111 Å². The first-order valence-electron chi connectivity index (χ1n) is 4.75. The predicted molar refractivity (Wildman–Crippen MR) is 72.7 cm³/mol. The highest BCUT2D eigenvalue weighted by Gasteiger charge is 2.04. The van der Waals surface area contributed by atoms with Gasteiger partial charge in [0, 0.05) is 28.3 Å². The molecule has 0 saturated carbocycles. The third-order valence-electron chi connectivity index (χ3n) is 1.92. The molecule has 0 aliphatic rings. The summed E-state index contributed by atoms with van der Waals surface area (Å²) in [5.74, 6) is -0.0977. The number of rotatable bonds is 5. The summed E-state index contributed by atoms with van der Waals surface area (Å²) < 4.78 is 1.03. The zero-order valence-corrected chi connectivity index (χ0v) is 11.1. The van der Waals surface area contributed by atoms with Gasteiger partial charge in [-0.25, -0.2) is 9.78 Å². The predicted octanol–water partition coefficient (Wildman–Crippen LogP) is 3.59. The van der Waals surface area contributed by atoms with E-state index in [1.807, 2.05) is 16.8 Å². The van der Waals surface area contributed by atoms with Gasteiger partial charge in [0.25, 0.3) is 0 Å². The van der Waals surface area contributed by atoms with Gasteiger partial charge in [0.05, 0.1) is 0 Å². The summed E-state index contributed by atoms with van der Waals surface area (Å²) in [5, 5.41) is 12.5. The number of thiophene rings is 1. The minimum atomic E-state index is -0.922. The summed E-state index contributed by atoms with van der Waals surface area (Å²) in [5.41, 5.74) is 0.974. The maximum atomic E-state index is 10.5. The average molecular weight is 283 g/mol. The fraction of sp³-hybridized carbons (Fsp3) is 0.0909. The van der Waals surface area contributed by atoms with Crippen LogP contribution in [-0.2, 0) is 10.5 Å². The van der Waals surface area contributed by atoms with Crippen molar-refractivity contribution in [2.24, 2.45) is 0 Å². The first-order chi connectivity index (χ1) is 8.25. The van der Waals surface area contributed by atoms with Crippen molar-refractivity contribution >= 4 is 46.5 Å². The maximum Gasteiger partial charge on any atom is 0.328 e. The average Bonchev–Trinajstić information content (AvgIpc) is 2.95. The van der Waals surface area contributed by atoms with Gasteiger partial charge in [-0.1, -0.05) is 11.8 Å². The quantitative estimate of drug-likeness (QED) is 0.673. The lowest BCUT2D eigenvalue weighted by Gasteiger charge is -1.97. The Hall–Kier alpha value is -1.11. The van der Waals surface area contributed by atoms with E-state index in [0.29, 0.717) is 0 Å². The molecule has 17 heavy (non-hydrogen) atoms. The second kappa shape index (κ2) is 6.00. The first kappa shape index (κ1) is 12.3. The Bertz CT molecular complexity index is 517. The van der Waals surface area contributed by atoms with Crippen LogP contribution in [0.5, 0.6) is 0 Å². The molecule has 2 heterocycles. The Kier molecular flexibility index (Phi) is 4.36. The van der Waals surface area contributed by atoms with Crippen molar-refractivity contribution in [3.8, 4) is 0 Å². The van der Waals surface area contributed by atoms with Crippen LogP contribution < -0.4 is 0 Å². The van der Waals surface area contributed by atoms with Crippen LogP contribution in [-0.4, -0.2) is 16.1 Å². The van der Waals surface area contributed by atoms with Gasteiger partial charge in [-0.2, -0.15) is 0 Å². The molecule has 2 aromatic heterocycles. The highest BCUT2D eigenvalue weighted by molar-refractivity contribution is 8.00. The normalized spacial score (nSPS) is 11.1. The molecule has 1 N–H and O–H groups in total. The van der Waals surface area contributed by atoms with Gasteiger partial charge in [0.2, 0.25) is 0 Å². The Morgan fingerprint density at radius 2 is 2.35 bits per heavy atom. The molecule has 0 spiro atoms. The van der Waals surface area contributed by atoms with Crippen molar-refractivity contribution in [3.63, 3.8) is 0 Å². The number of thioether (sulfide) groups is 1. The summed E-state index contributed by atoms with van der Waals surface area (Å²) in [6, 6.07) is 1.93. The molecule has 2 aromatic rings. The summed E-state index contributed by atoms with van der Waals surface area (Å²) in [4.78, 5) is 15.8. The van der Waals surface area contributed by atoms with Gasteiger partial charge >= 0.3 is 5.97 Å². The maximum absolute atomic E-state index is 10.5. The molecule has 0 bridgehead atoms. The van der Waals surface area contributed by atoms with Crippen LogP contribution in [0.3, 0.4) is 0 Å². The SMILES string of the molecule is O=C(O)C=Cc1ccsc1CSc1nccs1. The highest BCUT2D eigenvalue weighted by atomic mass is 32.2. The van der Waals surface area contributed by atoms with Crippen molar-refractivity contribution in [2.45, 2.75) is 10.1 Å². The summed E-state index contributed by atoms with van der Waals surface area (Å²) in [6.45, 7) is 0. The van der Waals surface area contributed by atoms with E-state index in [0.717, 1.165) is 15.7 Å². The summed E-state index contributed by atoms with van der Waals surface area (Å²) in [7, 11) is 0. The topological polar surface area (TPSA) is 50.2 Å². The molecule has 0 unspecified atom stereocenters. The van der Waals surface area contributed by atoms with Crippen LogP contribution >= 0.6 is 34.4 Å². The molecule has 0 fully saturated rings. The van der Waals surface area contributed by atoms with E-state index in [1.54, 1.807) is 46.7 Å². The molecule has 0 aliphatic carbocycles. The highest BCUT2D eigenvalue weighted by Crippen LogP contribution is 2.29. The standard InChI is InChI=1S/C11H9NO2S3/c13-10(14)2-1-8-3-5-15-9(8)7-17-11-12-4-6-16-11/h1-6H,7H2,(H,13,14). The largest absolute Gasteiger partial charge is 0.478 e. The van der Waals surface area contributed by atoms with E-state index in [-0.39, 0.29) is 0 Å². The Morgan fingerprint density at radius 1 is 1.47 bits per heavy atom. The fourth-order valence-electron chi connectivity index (χ4n) is 1.19. The van der Waals surface area contributed by atoms with Gasteiger partial charge in [-0.15, -0.1) is 22.7 Å². The zero-order valence-electron chi connectivity index (χ0n) is 8.70. The molecule has 3 nitrogen and oxygen atoms in total. The van der Waals surface area contributed by atoms with Crippen molar-refractivity contribution in [1.29, 1.82) is 0 Å². The van der Waals surface area contributed by atoms with E-state index >= 15 is 0 Å². The molecule has 0 aromatic carbocycles. The van der Waals surface area contributed by atoms with Crippen LogP contribution in [0.4, 0.5) is 0 Å². The van der Waals surface area contributed by atoms with Crippen molar-refractivity contribution in [1.82, 2.24) is 4.98 Å². The van der Waals surface area contributed by atoms with Gasteiger partial charge < -0.3 is 5.11 Å². The molecule has 0 atom stereocenters. The number of nitrogens with zero attached hydrogens (tertiary/aromatic N) is 1. The molecule has 2 rings (SSSR count). The molecule has 0 amide bonds. The number of hydrogen-bond donors (Lipinski definition) is 1. The molecular formula is C11H9NO2S3. The lowest BCUT2D eigenvalue weighted by molar-refractivity contribution is -0.131. The van der Waals surface area contributed by atoms with Crippen LogP contribution in [0.15, 0.2) is 33.4 Å². The Morgan fingerprint density at radius 3 is 3.06 bits per heavy atom. The summed E-state index contributed by atoms with van der Waals surface area (Å²) >= 11 is 4.92. The van der Waals surface area contributed by atoms with Crippen LogP contribution in [0.25, 0.3) is 6.08 Å². The number of carboxylic acids is 1. The van der Waals surface area contributed by atoms with E-state index in [1.165, 1.54) is 11.0 Å². The van der Waals surface area contributed by atoms with Crippen molar-refractivity contribution in [2.75, 3.05) is 0 Å². The lowest BCUT2D eigenvalue weighted by Crippen LogP contribution is -1.86. The second-order valence-corrected chi connectivity index (χ2v) is 6.18. The van der Waals surface area contributed by atoms with Crippen molar-refractivity contribution < 1.29 is 9.90 Å².